The van der Waals surface area contributed by atoms with Crippen LogP contribution in [-0.2, 0) is 10.3 Å². The number of oxime groups is 1. The zero-order valence-electron chi connectivity index (χ0n) is 21.3. The highest BCUT2D eigenvalue weighted by atomic mass is 16.6. The predicted molar refractivity (Wildman–Crippen MR) is 139 cm³/mol. The van der Waals surface area contributed by atoms with Crippen molar-refractivity contribution in [3.05, 3.63) is 70.5 Å². The topological polar surface area (TPSA) is 67.0 Å². The summed E-state index contributed by atoms with van der Waals surface area (Å²) in [7, 11) is 0. The van der Waals surface area contributed by atoms with E-state index in [0.29, 0.717) is 12.6 Å². The molecule has 2 N–H and O–H groups in total. The van der Waals surface area contributed by atoms with Crippen LogP contribution in [0.2, 0.25) is 0 Å². The molecule has 0 amide bonds. The maximum absolute atomic E-state index is 10.2. The van der Waals surface area contributed by atoms with Crippen LogP contribution in [0.15, 0.2) is 52.0 Å². The lowest BCUT2D eigenvalue weighted by molar-refractivity contribution is 0.0377. The number of aliphatic hydroxyl groups is 1. The van der Waals surface area contributed by atoms with E-state index in [0.717, 1.165) is 35.3 Å². The monoisotopic (exact) mass is 462 g/mol. The zero-order valence-corrected chi connectivity index (χ0v) is 21.3. The number of aryl methyl sites for hydroxylation is 3. The highest BCUT2D eigenvalue weighted by Gasteiger charge is 2.46. The molecule has 4 rings (SSSR count). The summed E-state index contributed by atoms with van der Waals surface area (Å²) in [4.78, 5) is 5.67. The van der Waals surface area contributed by atoms with Crippen LogP contribution in [0.3, 0.4) is 0 Å². The van der Waals surface area contributed by atoms with Gasteiger partial charge in [-0.25, -0.2) is 0 Å². The van der Waals surface area contributed by atoms with Crippen molar-refractivity contribution in [3.63, 3.8) is 0 Å². The van der Waals surface area contributed by atoms with Crippen LogP contribution in [0.1, 0.15) is 61.6 Å². The van der Waals surface area contributed by atoms with Gasteiger partial charge in [0.2, 0.25) is 0 Å². The summed E-state index contributed by atoms with van der Waals surface area (Å²) >= 11 is 0. The Morgan fingerprint density at radius 3 is 2.47 bits per heavy atom. The number of hydrogen-bond donors (Lipinski definition) is 2. The number of fused-ring (bicyclic) bond motifs is 1. The Morgan fingerprint density at radius 1 is 1.15 bits per heavy atom. The minimum absolute atomic E-state index is 0.0972. The molecule has 1 aliphatic rings. The molecule has 0 bridgehead atoms. The number of benzene rings is 2. The minimum atomic E-state index is -0.618. The molecule has 1 unspecified atom stereocenters. The Labute approximate surface area is 203 Å². The first-order valence-electron chi connectivity index (χ1n) is 12.3. The summed E-state index contributed by atoms with van der Waals surface area (Å²) in [6, 6.07) is 14.9. The summed E-state index contributed by atoms with van der Waals surface area (Å²) in [5.41, 5.74) is 7.25. The molecule has 34 heavy (non-hydrogen) atoms. The third kappa shape index (κ3) is 5.21. The Morgan fingerprint density at radius 2 is 1.82 bits per heavy atom. The van der Waals surface area contributed by atoms with Gasteiger partial charge < -0.3 is 19.7 Å². The van der Waals surface area contributed by atoms with E-state index >= 15 is 0 Å². The van der Waals surface area contributed by atoms with Crippen LogP contribution < -0.4 is 5.32 Å². The first kappa shape index (κ1) is 24.5. The van der Waals surface area contributed by atoms with Crippen LogP contribution in [-0.4, -0.2) is 36.1 Å². The molecule has 0 saturated heterocycles. The lowest BCUT2D eigenvalue weighted by atomic mass is 9.57. The van der Waals surface area contributed by atoms with E-state index in [-0.39, 0.29) is 17.9 Å². The van der Waals surface area contributed by atoms with Gasteiger partial charge in [-0.1, -0.05) is 61.8 Å². The summed E-state index contributed by atoms with van der Waals surface area (Å²) in [6.07, 6.45) is 1.34. The first-order valence-corrected chi connectivity index (χ1v) is 12.3. The van der Waals surface area contributed by atoms with Gasteiger partial charge in [0.05, 0.1) is 0 Å². The number of nitrogens with zero attached hydrogens (tertiary/aromatic N) is 1. The molecule has 1 aliphatic carbocycles. The second kappa shape index (κ2) is 9.93. The molecule has 5 heteroatoms. The Balaban J connectivity index is 1.56. The number of para-hydroxylation sites is 1. The van der Waals surface area contributed by atoms with Crippen molar-refractivity contribution in [1.82, 2.24) is 5.32 Å². The first-order chi connectivity index (χ1) is 16.2. The quantitative estimate of drug-likeness (QED) is 0.311. The minimum Gasteiger partial charge on any atom is -0.455 e. The molecule has 3 aromatic rings. The van der Waals surface area contributed by atoms with Gasteiger partial charge in [0, 0.05) is 23.9 Å². The molecule has 0 radical (unpaired) electrons. The van der Waals surface area contributed by atoms with E-state index in [2.05, 4.69) is 64.1 Å². The molecular weight excluding hydrogens is 424 g/mol. The molecule has 2 aromatic carbocycles. The van der Waals surface area contributed by atoms with E-state index in [1.54, 1.807) is 0 Å². The largest absolute Gasteiger partial charge is 0.455 e. The van der Waals surface area contributed by atoms with Gasteiger partial charge in [-0.2, -0.15) is 0 Å². The van der Waals surface area contributed by atoms with Gasteiger partial charge >= 0.3 is 0 Å². The van der Waals surface area contributed by atoms with Gasteiger partial charge in [0.15, 0.2) is 5.76 Å². The van der Waals surface area contributed by atoms with Gasteiger partial charge in [0.1, 0.15) is 24.0 Å². The molecule has 1 heterocycles. The van der Waals surface area contributed by atoms with Crippen LogP contribution in [0, 0.1) is 26.7 Å². The molecule has 1 aromatic heterocycles. The summed E-state index contributed by atoms with van der Waals surface area (Å²) in [5.74, 6) is 0.983. The fraction of sp³-hybridized carbons (Fsp3) is 0.483. The van der Waals surface area contributed by atoms with E-state index in [4.69, 9.17) is 9.25 Å². The van der Waals surface area contributed by atoms with Crippen molar-refractivity contribution in [2.75, 3.05) is 13.2 Å². The number of aliphatic hydroxyl groups excluding tert-OH is 1. The molecule has 1 atom stereocenters. The predicted octanol–water partition coefficient (Wildman–Crippen LogP) is 5.81. The van der Waals surface area contributed by atoms with E-state index < -0.39 is 6.10 Å². The molecule has 0 spiro atoms. The summed E-state index contributed by atoms with van der Waals surface area (Å²) in [5, 5.41) is 19.1. The Hall–Kier alpha value is -2.63. The Kier molecular flexibility index (Phi) is 7.15. The maximum atomic E-state index is 10.2. The molecule has 1 saturated carbocycles. The van der Waals surface area contributed by atoms with Crippen molar-refractivity contribution >= 4 is 16.7 Å². The maximum Gasteiger partial charge on any atom is 0.153 e. The molecule has 0 aliphatic heterocycles. The lowest BCUT2D eigenvalue weighted by Gasteiger charge is -2.47. The van der Waals surface area contributed by atoms with Gasteiger partial charge in [-0.15, -0.1) is 0 Å². The third-order valence-electron chi connectivity index (χ3n) is 6.93. The molecule has 182 valence electrons. The van der Waals surface area contributed by atoms with Gasteiger partial charge in [-0.05, 0) is 67.9 Å². The third-order valence-corrected chi connectivity index (χ3v) is 6.93. The van der Waals surface area contributed by atoms with Gasteiger partial charge in [0.25, 0.3) is 0 Å². The Bertz CT molecular complexity index is 1120. The number of rotatable bonds is 9. The second-order valence-electron chi connectivity index (χ2n) is 10.6. The van der Waals surface area contributed by atoms with Crippen molar-refractivity contribution in [1.29, 1.82) is 0 Å². The number of furan rings is 1. The second-order valence-corrected chi connectivity index (χ2v) is 10.6. The van der Waals surface area contributed by atoms with Crippen molar-refractivity contribution in [3.8, 4) is 0 Å². The SMILES string of the molecule is Cc1cc(C)c(C2(C)CC(/C(=N\OCC(O)CNC(C)C)c3cc4ccccc4o3)C2)c(C)c1. The lowest BCUT2D eigenvalue weighted by Crippen LogP contribution is -2.43. The fourth-order valence-corrected chi connectivity index (χ4v) is 5.61. The van der Waals surface area contributed by atoms with Crippen molar-refractivity contribution in [2.24, 2.45) is 11.1 Å². The number of nitrogens with one attached hydrogen (secondary N) is 1. The van der Waals surface area contributed by atoms with Crippen LogP contribution >= 0.6 is 0 Å². The average molecular weight is 463 g/mol. The molecule has 5 nitrogen and oxygen atoms in total. The van der Waals surface area contributed by atoms with Crippen molar-refractivity contribution < 1.29 is 14.4 Å². The number of hydrogen-bond acceptors (Lipinski definition) is 5. The standard InChI is InChI=1S/C29H38N2O3/c1-18(2)30-16-24(32)17-33-31-28(26-13-22-9-7-8-10-25(22)34-26)23-14-29(6,15-23)27-20(4)11-19(3)12-21(27)5/h7-13,18,23-24,30,32H,14-17H2,1-6H3/b31-28+. The van der Waals surface area contributed by atoms with E-state index in [9.17, 15) is 5.11 Å². The van der Waals surface area contributed by atoms with Crippen molar-refractivity contribution in [2.45, 2.75) is 71.9 Å². The summed E-state index contributed by atoms with van der Waals surface area (Å²) in [6.45, 7) is 13.7. The van der Waals surface area contributed by atoms with Crippen LogP contribution in [0.25, 0.3) is 11.0 Å². The van der Waals surface area contributed by atoms with E-state index in [1.165, 1.54) is 22.3 Å². The molecule has 1 fully saturated rings. The van der Waals surface area contributed by atoms with Crippen LogP contribution in [0.4, 0.5) is 0 Å². The highest BCUT2D eigenvalue weighted by molar-refractivity contribution is 6.03. The van der Waals surface area contributed by atoms with E-state index in [1.807, 2.05) is 30.3 Å². The van der Waals surface area contributed by atoms with Gasteiger partial charge in [-0.3, -0.25) is 0 Å². The average Bonchev–Trinajstić information content (AvgIpc) is 3.16. The summed E-state index contributed by atoms with van der Waals surface area (Å²) < 4.78 is 6.17. The normalized spacial score (nSPS) is 21.6. The highest BCUT2D eigenvalue weighted by Crippen LogP contribution is 2.51. The molecular formula is C29H38N2O3. The van der Waals surface area contributed by atoms with Crippen LogP contribution in [0.5, 0.6) is 0 Å². The smallest absolute Gasteiger partial charge is 0.153 e. The fourth-order valence-electron chi connectivity index (χ4n) is 5.61. The zero-order chi connectivity index (χ0) is 24.5.